The van der Waals surface area contributed by atoms with Crippen molar-refractivity contribution in [1.82, 2.24) is 25.3 Å². The number of piperazine rings is 1. The van der Waals surface area contributed by atoms with Crippen LogP contribution >= 0.6 is 0 Å². The number of alkyl halides is 3. The summed E-state index contributed by atoms with van der Waals surface area (Å²) in [5.41, 5.74) is 5.46. The summed E-state index contributed by atoms with van der Waals surface area (Å²) in [6.45, 7) is 10.2. The summed E-state index contributed by atoms with van der Waals surface area (Å²) in [6, 6.07) is 9.60. The molecule has 182 valence electrons. The van der Waals surface area contributed by atoms with Gasteiger partial charge in [-0.1, -0.05) is 31.2 Å². The summed E-state index contributed by atoms with van der Waals surface area (Å²) in [7, 11) is 0. The number of H-pyrrole nitrogens is 1. The Bertz CT molecular complexity index is 877. The Labute approximate surface area is 192 Å². The summed E-state index contributed by atoms with van der Waals surface area (Å²) < 4.78 is 31.7. The molecule has 1 aliphatic heterocycles. The molecular weight excluding hydrogens is 435 g/mol. The van der Waals surface area contributed by atoms with Gasteiger partial charge in [-0.05, 0) is 36.9 Å². The largest absolute Gasteiger partial charge is 0.490 e. The molecule has 0 bridgehead atoms. The van der Waals surface area contributed by atoms with Gasteiger partial charge in [0, 0.05) is 56.6 Å². The first-order valence-electron chi connectivity index (χ1n) is 11.3. The Kier molecular flexibility index (Phi) is 8.87. The third kappa shape index (κ3) is 7.55. The van der Waals surface area contributed by atoms with Gasteiger partial charge in [0.25, 0.3) is 0 Å². The second kappa shape index (κ2) is 11.6. The molecule has 1 saturated heterocycles. The van der Waals surface area contributed by atoms with Crippen molar-refractivity contribution >= 4 is 5.97 Å². The van der Waals surface area contributed by atoms with Crippen molar-refractivity contribution in [3.8, 4) is 0 Å². The molecule has 1 aromatic carbocycles. The predicted octanol–water partition coefficient (Wildman–Crippen LogP) is 3.35. The van der Waals surface area contributed by atoms with Crippen LogP contribution in [-0.4, -0.2) is 70.0 Å². The Balaban J connectivity index is 0.000000383. The molecule has 2 aromatic rings. The van der Waals surface area contributed by atoms with Gasteiger partial charge in [-0.3, -0.25) is 10.00 Å². The van der Waals surface area contributed by atoms with E-state index in [4.69, 9.17) is 9.90 Å². The summed E-state index contributed by atoms with van der Waals surface area (Å²) in [5, 5.41) is 18.2. The zero-order chi connectivity index (χ0) is 23.8. The van der Waals surface area contributed by atoms with E-state index in [-0.39, 0.29) is 0 Å². The standard InChI is InChI=1S/C21H31N5.C2HF3O2/c1-2-25-10-12-26(13-11-25)16-18-8-6-17(7-9-18)14-22-20-4-3-5-21-19(20)15-23-24-21;3-2(4,5)1(6)7/h6-9,15,20,22H,2-5,10-14,16H2,1H3,(H,23,24);(H,6,7). The smallest absolute Gasteiger partial charge is 0.475 e. The van der Waals surface area contributed by atoms with Crippen molar-refractivity contribution in [3.05, 3.63) is 52.8 Å². The van der Waals surface area contributed by atoms with Gasteiger partial charge in [0.2, 0.25) is 0 Å². The van der Waals surface area contributed by atoms with Crippen LogP contribution in [0.15, 0.2) is 30.5 Å². The highest BCUT2D eigenvalue weighted by molar-refractivity contribution is 5.73. The normalized spacial score (nSPS) is 19.5. The van der Waals surface area contributed by atoms with Gasteiger partial charge in [0.05, 0.1) is 6.20 Å². The number of aromatic amines is 1. The molecule has 33 heavy (non-hydrogen) atoms. The Morgan fingerprint density at radius 3 is 2.36 bits per heavy atom. The molecule has 0 spiro atoms. The third-order valence-electron chi connectivity index (χ3n) is 6.18. The van der Waals surface area contributed by atoms with Crippen LogP contribution in [0.5, 0.6) is 0 Å². The summed E-state index contributed by atoms with van der Waals surface area (Å²) in [5.74, 6) is -2.76. The summed E-state index contributed by atoms with van der Waals surface area (Å²) >= 11 is 0. The van der Waals surface area contributed by atoms with E-state index in [0.717, 1.165) is 19.5 Å². The number of benzene rings is 1. The molecule has 1 unspecified atom stereocenters. The average Bonchev–Trinajstić information content (AvgIpc) is 3.28. The van der Waals surface area contributed by atoms with E-state index >= 15 is 0 Å². The minimum Gasteiger partial charge on any atom is -0.475 e. The molecule has 4 rings (SSSR count). The van der Waals surface area contributed by atoms with Gasteiger partial charge in [-0.2, -0.15) is 18.3 Å². The highest BCUT2D eigenvalue weighted by Crippen LogP contribution is 2.28. The SMILES string of the molecule is CCN1CCN(Cc2ccc(CNC3CCCc4[nH]ncc43)cc2)CC1.O=C(O)C(F)(F)F. The van der Waals surface area contributed by atoms with Crippen LogP contribution in [0, 0.1) is 0 Å². The lowest BCUT2D eigenvalue weighted by atomic mass is 9.93. The van der Waals surface area contributed by atoms with E-state index in [1.807, 2.05) is 6.20 Å². The Morgan fingerprint density at radius 1 is 1.15 bits per heavy atom. The first kappa shape index (κ1) is 25.2. The van der Waals surface area contributed by atoms with Crippen LogP contribution in [-0.2, 0) is 24.3 Å². The molecule has 3 N–H and O–H groups in total. The maximum absolute atomic E-state index is 10.6. The van der Waals surface area contributed by atoms with Gasteiger partial charge in [0.15, 0.2) is 0 Å². The highest BCUT2D eigenvalue weighted by Gasteiger charge is 2.38. The molecule has 1 atom stereocenters. The third-order valence-corrected chi connectivity index (χ3v) is 6.18. The van der Waals surface area contributed by atoms with E-state index in [9.17, 15) is 13.2 Å². The first-order chi connectivity index (χ1) is 15.8. The predicted molar refractivity (Wildman–Crippen MR) is 119 cm³/mol. The number of halogens is 3. The van der Waals surface area contributed by atoms with Crippen LogP contribution in [0.2, 0.25) is 0 Å². The highest BCUT2D eigenvalue weighted by atomic mass is 19.4. The number of rotatable bonds is 6. The molecule has 0 saturated carbocycles. The second-order valence-corrected chi connectivity index (χ2v) is 8.46. The number of carbonyl (C=O) groups is 1. The van der Waals surface area contributed by atoms with Gasteiger partial charge in [-0.15, -0.1) is 0 Å². The minimum atomic E-state index is -5.08. The molecule has 10 heteroatoms. The number of hydrogen-bond donors (Lipinski definition) is 3. The summed E-state index contributed by atoms with van der Waals surface area (Å²) in [4.78, 5) is 14.0. The molecular formula is C23H32F3N5O2. The van der Waals surface area contributed by atoms with Crippen molar-refractivity contribution in [3.63, 3.8) is 0 Å². The fourth-order valence-corrected chi connectivity index (χ4v) is 4.20. The van der Waals surface area contributed by atoms with Gasteiger partial charge in [0.1, 0.15) is 0 Å². The molecule has 1 fully saturated rings. The van der Waals surface area contributed by atoms with Crippen LogP contribution in [0.25, 0.3) is 0 Å². The van der Waals surface area contributed by atoms with Crippen LogP contribution in [0.3, 0.4) is 0 Å². The van der Waals surface area contributed by atoms with Crippen LogP contribution < -0.4 is 5.32 Å². The number of nitrogens with zero attached hydrogens (tertiary/aromatic N) is 3. The Morgan fingerprint density at radius 2 is 1.76 bits per heavy atom. The van der Waals surface area contributed by atoms with Gasteiger partial charge in [-0.25, -0.2) is 4.79 Å². The van der Waals surface area contributed by atoms with Gasteiger partial charge >= 0.3 is 12.1 Å². The van der Waals surface area contributed by atoms with E-state index in [0.29, 0.717) is 6.04 Å². The minimum absolute atomic E-state index is 0.437. The number of fused-ring (bicyclic) bond motifs is 1. The number of aromatic nitrogens is 2. The van der Waals surface area contributed by atoms with Crippen LogP contribution in [0.1, 0.15) is 48.2 Å². The maximum atomic E-state index is 10.6. The number of carboxylic acids is 1. The number of aliphatic carboxylic acids is 1. The zero-order valence-electron chi connectivity index (χ0n) is 18.9. The van der Waals surface area contributed by atoms with E-state index in [2.05, 4.69) is 56.5 Å². The molecule has 1 aromatic heterocycles. The summed E-state index contributed by atoms with van der Waals surface area (Å²) in [6.07, 6.45) is 0.480. The van der Waals surface area contributed by atoms with E-state index in [1.165, 1.54) is 67.9 Å². The van der Waals surface area contributed by atoms with Crippen molar-refractivity contribution in [1.29, 1.82) is 0 Å². The van der Waals surface area contributed by atoms with Crippen molar-refractivity contribution in [2.75, 3.05) is 32.7 Å². The van der Waals surface area contributed by atoms with Crippen molar-refractivity contribution < 1.29 is 23.1 Å². The first-order valence-corrected chi connectivity index (χ1v) is 11.3. The number of hydrogen-bond acceptors (Lipinski definition) is 5. The number of aryl methyl sites for hydroxylation is 1. The lowest BCUT2D eigenvalue weighted by molar-refractivity contribution is -0.192. The number of carboxylic acid groups (broad SMARTS) is 1. The molecule has 1 aliphatic carbocycles. The maximum Gasteiger partial charge on any atom is 0.490 e. The monoisotopic (exact) mass is 467 g/mol. The van der Waals surface area contributed by atoms with Crippen molar-refractivity contribution in [2.24, 2.45) is 0 Å². The number of likely N-dealkylation sites (N-methyl/N-ethyl adjacent to an activating group) is 1. The fraction of sp³-hybridized carbons (Fsp3) is 0.565. The van der Waals surface area contributed by atoms with E-state index < -0.39 is 12.1 Å². The molecule has 2 aliphatic rings. The second-order valence-electron chi connectivity index (χ2n) is 8.46. The Hall–Kier alpha value is -2.43. The van der Waals surface area contributed by atoms with Crippen molar-refractivity contribution in [2.45, 2.75) is 51.5 Å². The molecule has 2 heterocycles. The quantitative estimate of drug-likeness (QED) is 0.604. The fourth-order valence-electron chi connectivity index (χ4n) is 4.20. The van der Waals surface area contributed by atoms with E-state index in [1.54, 1.807) is 0 Å². The molecule has 0 amide bonds. The zero-order valence-corrected chi connectivity index (χ0v) is 18.9. The topological polar surface area (TPSA) is 84.5 Å². The number of nitrogens with one attached hydrogen (secondary N) is 2. The molecule has 0 radical (unpaired) electrons. The molecule has 7 nitrogen and oxygen atoms in total. The lowest BCUT2D eigenvalue weighted by Crippen LogP contribution is -2.45. The lowest BCUT2D eigenvalue weighted by Gasteiger charge is -2.34. The average molecular weight is 468 g/mol. The van der Waals surface area contributed by atoms with Crippen LogP contribution in [0.4, 0.5) is 13.2 Å². The van der Waals surface area contributed by atoms with Gasteiger partial charge < -0.3 is 15.3 Å².